The second-order valence-electron chi connectivity index (χ2n) is 6.80. The van der Waals surface area contributed by atoms with Crippen LogP contribution in [0, 0.1) is 0 Å². The van der Waals surface area contributed by atoms with Gasteiger partial charge in [-0.1, -0.05) is 12.1 Å². The molecule has 2 heterocycles. The minimum Gasteiger partial charge on any atom is -0.323 e. The van der Waals surface area contributed by atoms with Crippen LogP contribution in [-0.4, -0.2) is 54.3 Å². The fourth-order valence-corrected chi connectivity index (χ4v) is 3.32. The summed E-state index contributed by atoms with van der Waals surface area (Å²) in [5.41, 5.74) is 1.29. The lowest BCUT2D eigenvalue weighted by Crippen LogP contribution is -2.36. The van der Waals surface area contributed by atoms with Gasteiger partial charge in [-0.05, 0) is 53.7 Å². The van der Waals surface area contributed by atoms with Gasteiger partial charge in [0, 0.05) is 23.6 Å². The number of hydrogen-bond donors (Lipinski definition) is 2. The van der Waals surface area contributed by atoms with Gasteiger partial charge in [0.05, 0.1) is 24.5 Å². The molecule has 0 radical (unpaired) electrons. The summed E-state index contributed by atoms with van der Waals surface area (Å²) in [5, 5.41) is 5.53. The van der Waals surface area contributed by atoms with Crippen LogP contribution in [0.1, 0.15) is 12.8 Å². The number of anilines is 3. The van der Waals surface area contributed by atoms with E-state index in [0.29, 0.717) is 30.2 Å². The third-order valence-corrected chi connectivity index (χ3v) is 4.83. The van der Waals surface area contributed by atoms with Gasteiger partial charge in [-0.2, -0.15) is 0 Å². The standard InChI is InChI=1S/C20H22BrN5O3/c1-25(13-19(28)24-17-9-8-14(21)11-22-17)12-18(27)23-15-5-2-3-6-16(15)26-10-4-7-20(26)29/h2-3,5-6,8-9,11H,4,7,10,12-13H2,1H3,(H,23,27)(H,22,24,28). The highest BCUT2D eigenvalue weighted by molar-refractivity contribution is 9.10. The summed E-state index contributed by atoms with van der Waals surface area (Å²) in [6.07, 6.45) is 2.93. The summed E-state index contributed by atoms with van der Waals surface area (Å²) < 4.78 is 0.820. The van der Waals surface area contributed by atoms with E-state index in [1.165, 1.54) is 0 Å². The van der Waals surface area contributed by atoms with Gasteiger partial charge in [-0.25, -0.2) is 4.98 Å². The van der Waals surface area contributed by atoms with Gasteiger partial charge in [0.1, 0.15) is 5.82 Å². The maximum atomic E-state index is 12.4. The van der Waals surface area contributed by atoms with Crippen LogP contribution < -0.4 is 15.5 Å². The highest BCUT2D eigenvalue weighted by atomic mass is 79.9. The minimum absolute atomic E-state index is 0.0312. The van der Waals surface area contributed by atoms with Gasteiger partial charge >= 0.3 is 0 Å². The molecule has 0 bridgehead atoms. The fourth-order valence-electron chi connectivity index (χ4n) is 3.09. The molecule has 1 aliphatic rings. The van der Waals surface area contributed by atoms with Crippen molar-refractivity contribution in [3.8, 4) is 0 Å². The molecule has 152 valence electrons. The first kappa shape index (κ1) is 20.9. The Morgan fingerprint density at radius 2 is 1.86 bits per heavy atom. The Labute approximate surface area is 177 Å². The summed E-state index contributed by atoms with van der Waals surface area (Å²) in [5.74, 6) is -0.0263. The number of pyridine rings is 1. The molecule has 29 heavy (non-hydrogen) atoms. The normalized spacial score (nSPS) is 13.6. The molecule has 1 aromatic carbocycles. The first-order valence-electron chi connectivity index (χ1n) is 9.21. The van der Waals surface area contributed by atoms with Crippen molar-refractivity contribution in [2.75, 3.05) is 42.2 Å². The van der Waals surface area contributed by atoms with Gasteiger partial charge in [0.15, 0.2) is 0 Å². The first-order chi connectivity index (χ1) is 13.9. The third kappa shape index (κ3) is 5.85. The van der Waals surface area contributed by atoms with Crippen molar-refractivity contribution in [1.82, 2.24) is 9.88 Å². The zero-order valence-corrected chi connectivity index (χ0v) is 17.6. The fraction of sp³-hybridized carbons (Fsp3) is 0.300. The van der Waals surface area contributed by atoms with Crippen molar-refractivity contribution in [1.29, 1.82) is 0 Å². The molecule has 3 rings (SSSR count). The number of para-hydroxylation sites is 2. The van der Waals surface area contributed by atoms with E-state index in [1.54, 1.807) is 41.2 Å². The van der Waals surface area contributed by atoms with E-state index >= 15 is 0 Å². The highest BCUT2D eigenvalue weighted by Crippen LogP contribution is 2.29. The lowest BCUT2D eigenvalue weighted by molar-refractivity contribution is -0.120. The Morgan fingerprint density at radius 3 is 2.52 bits per heavy atom. The predicted octanol–water partition coefficient (Wildman–Crippen LogP) is 2.48. The summed E-state index contributed by atoms with van der Waals surface area (Å²) in [6, 6.07) is 10.7. The van der Waals surface area contributed by atoms with Crippen LogP contribution in [0.5, 0.6) is 0 Å². The molecule has 8 nitrogen and oxygen atoms in total. The number of hydrogen-bond acceptors (Lipinski definition) is 5. The monoisotopic (exact) mass is 459 g/mol. The van der Waals surface area contributed by atoms with Crippen LogP contribution in [0.25, 0.3) is 0 Å². The average molecular weight is 460 g/mol. The van der Waals surface area contributed by atoms with E-state index in [2.05, 4.69) is 31.5 Å². The van der Waals surface area contributed by atoms with Crippen molar-refractivity contribution in [3.63, 3.8) is 0 Å². The number of rotatable bonds is 7. The van der Waals surface area contributed by atoms with E-state index < -0.39 is 0 Å². The molecular weight excluding hydrogens is 438 g/mol. The number of aromatic nitrogens is 1. The predicted molar refractivity (Wildman–Crippen MR) is 115 cm³/mol. The molecule has 3 amide bonds. The van der Waals surface area contributed by atoms with Crippen molar-refractivity contribution < 1.29 is 14.4 Å². The molecule has 0 aliphatic carbocycles. The van der Waals surface area contributed by atoms with Crippen molar-refractivity contribution in [3.05, 3.63) is 47.1 Å². The van der Waals surface area contributed by atoms with Gasteiger partial charge in [0.25, 0.3) is 0 Å². The molecule has 2 aromatic rings. The maximum absolute atomic E-state index is 12.4. The van der Waals surface area contributed by atoms with Crippen molar-refractivity contribution >= 4 is 50.8 Å². The first-order valence-corrected chi connectivity index (χ1v) is 10.0. The van der Waals surface area contributed by atoms with Gasteiger partial charge in [-0.3, -0.25) is 19.3 Å². The molecule has 1 aromatic heterocycles. The Bertz CT molecular complexity index is 903. The number of nitrogens with one attached hydrogen (secondary N) is 2. The molecule has 0 atom stereocenters. The summed E-state index contributed by atoms with van der Waals surface area (Å²) in [7, 11) is 1.68. The van der Waals surface area contributed by atoms with Crippen LogP contribution >= 0.6 is 15.9 Å². The highest BCUT2D eigenvalue weighted by Gasteiger charge is 2.24. The second-order valence-corrected chi connectivity index (χ2v) is 7.71. The number of halogens is 1. The SMILES string of the molecule is CN(CC(=O)Nc1ccc(Br)cn1)CC(=O)Nc1ccccc1N1CCCC1=O. The number of carbonyl (C=O) groups excluding carboxylic acids is 3. The average Bonchev–Trinajstić information content (AvgIpc) is 3.09. The number of benzene rings is 1. The second kappa shape index (κ2) is 9.62. The van der Waals surface area contributed by atoms with E-state index in [4.69, 9.17) is 0 Å². The van der Waals surface area contributed by atoms with Crippen LogP contribution in [-0.2, 0) is 14.4 Å². The molecule has 1 saturated heterocycles. The van der Waals surface area contributed by atoms with Crippen LogP contribution in [0.2, 0.25) is 0 Å². The Kier molecular flexibility index (Phi) is 6.95. The van der Waals surface area contributed by atoms with E-state index in [0.717, 1.165) is 10.9 Å². The Morgan fingerprint density at radius 1 is 1.14 bits per heavy atom. The van der Waals surface area contributed by atoms with Crippen LogP contribution in [0.15, 0.2) is 47.1 Å². The molecular formula is C20H22BrN5O3. The maximum Gasteiger partial charge on any atom is 0.239 e. The number of likely N-dealkylation sites (N-methyl/N-ethyl adjacent to an activating group) is 1. The molecule has 1 aliphatic heterocycles. The minimum atomic E-state index is -0.266. The lowest BCUT2D eigenvalue weighted by atomic mass is 10.2. The zero-order valence-electron chi connectivity index (χ0n) is 16.0. The van der Waals surface area contributed by atoms with Gasteiger partial charge in [0.2, 0.25) is 17.7 Å². The number of carbonyl (C=O) groups is 3. The summed E-state index contributed by atoms with van der Waals surface area (Å²) in [4.78, 5) is 44.0. The number of nitrogens with zero attached hydrogens (tertiary/aromatic N) is 3. The Balaban J connectivity index is 1.53. The van der Waals surface area contributed by atoms with Gasteiger partial charge < -0.3 is 15.5 Å². The van der Waals surface area contributed by atoms with E-state index in [-0.39, 0.29) is 30.8 Å². The molecule has 0 spiro atoms. The largest absolute Gasteiger partial charge is 0.323 e. The van der Waals surface area contributed by atoms with Crippen molar-refractivity contribution in [2.45, 2.75) is 12.8 Å². The topological polar surface area (TPSA) is 94.6 Å². The molecule has 1 fully saturated rings. The molecule has 0 unspecified atom stereocenters. The summed E-state index contributed by atoms with van der Waals surface area (Å²) >= 11 is 3.29. The third-order valence-electron chi connectivity index (χ3n) is 4.36. The lowest BCUT2D eigenvalue weighted by Gasteiger charge is -2.21. The number of amides is 3. The molecule has 0 saturated carbocycles. The van der Waals surface area contributed by atoms with Crippen molar-refractivity contribution in [2.24, 2.45) is 0 Å². The zero-order chi connectivity index (χ0) is 20.8. The molecule has 2 N–H and O–H groups in total. The molecule has 9 heteroatoms. The van der Waals surface area contributed by atoms with E-state index in [1.807, 2.05) is 18.2 Å². The smallest absolute Gasteiger partial charge is 0.239 e. The van der Waals surface area contributed by atoms with Gasteiger partial charge in [-0.15, -0.1) is 0 Å². The van der Waals surface area contributed by atoms with Crippen LogP contribution in [0.4, 0.5) is 17.2 Å². The summed E-state index contributed by atoms with van der Waals surface area (Å²) in [6.45, 7) is 0.719. The quantitative estimate of drug-likeness (QED) is 0.662. The van der Waals surface area contributed by atoms with E-state index in [9.17, 15) is 14.4 Å². The Hall–Kier alpha value is -2.78. The van der Waals surface area contributed by atoms with Crippen LogP contribution in [0.3, 0.4) is 0 Å².